The molecule has 4 heterocycles. The minimum Gasteiger partial charge on any atom is -0.440 e. The van der Waals surface area contributed by atoms with Crippen molar-refractivity contribution in [1.82, 2.24) is 20.2 Å². The van der Waals surface area contributed by atoms with Crippen molar-refractivity contribution in [2.24, 2.45) is 0 Å². The minimum atomic E-state index is -0.245. The van der Waals surface area contributed by atoms with E-state index in [1.807, 2.05) is 26.8 Å². The Morgan fingerprint density at radius 2 is 1.87 bits per heavy atom. The second-order valence-electron chi connectivity index (χ2n) is 11.1. The number of aromatic amines is 1. The molecule has 0 aliphatic carbocycles. The van der Waals surface area contributed by atoms with E-state index < -0.39 is 0 Å². The van der Waals surface area contributed by atoms with E-state index in [9.17, 15) is 9.59 Å². The molecule has 2 aliphatic heterocycles. The Morgan fingerprint density at radius 1 is 1.15 bits per heavy atom. The number of anilines is 1. The number of pyridine rings is 1. The summed E-state index contributed by atoms with van der Waals surface area (Å²) in [6.07, 6.45) is 3.85. The number of ether oxygens (including phenoxy) is 1. The molecule has 2 aliphatic rings. The van der Waals surface area contributed by atoms with Gasteiger partial charge in [-0.2, -0.15) is 0 Å². The predicted octanol–water partition coefficient (Wildman–Crippen LogP) is 4.19. The van der Waals surface area contributed by atoms with Gasteiger partial charge in [0.1, 0.15) is 5.52 Å². The van der Waals surface area contributed by atoms with Crippen LogP contribution in [0.3, 0.4) is 0 Å². The fourth-order valence-corrected chi connectivity index (χ4v) is 6.15. The second-order valence-corrected chi connectivity index (χ2v) is 11.1. The number of rotatable bonds is 7. The number of aromatic nitrogens is 2. The number of oxazole rings is 1. The number of piperidine rings is 1. The van der Waals surface area contributed by atoms with E-state index in [1.165, 1.54) is 0 Å². The van der Waals surface area contributed by atoms with Gasteiger partial charge in [-0.1, -0.05) is 0 Å². The molecule has 9 nitrogen and oxygen atoms in total. The normalized spacial score (nSPS) is 17.6. The summed E-state index contributed by atoms with van der Waals surface area (Å²) in [5, 5.41) is 3.02. The third kappa shape index (κ3) is 5.61. The maximum Gasteiger partial charge on any atom is 0.254 e. The molecule has 5 rings (SSSR count). The molecular weight excluding hydrogens is 494 g/mol. The lowest BCUT2D eigenvalue weighted by atomic mass is 9.97. The van der Waals surface area contributed by atoms with Gasteiger partial charge in [-0.05, 0) is 90.7 Å². The van der Waals surface area contributed by atoms with Crippen LogP contribution in [0.4, 0.5) is 5.69 Å². The fraction of sp³-hybridized carbons (Fsp3) is 0.567. The Morgan fingerprint density at radius 3 is 2.54 bits per heavy atom. The van der Waals surface area contributed by atoms with Gasteiger partial charge in [-0.25, -0.2) is 4.98 Å². The largest absolute Gasteiger partial charge is 0.440 e. The SMILES string of the molecule is CCN(c1cc2oc(C3CCN(C)CC3)nc2c(C(=O)NCc2c(C)cc(C)[nH]c2=O)c1C)C1CCOCC1. The highest BCUT2D eigenvalue weighted by Crippen LogP contribution is 2.37. The Balaban J connectivity index is 1.55. The summed E-state index contributed by atoms with van der Waals surface area (Å²) in [6, 6.07) is 4.33. The number of hydrogen-bond acceptors (Lipinski definition) is 7. The number of H-pyrrole nitrogens is 1. The number of hydrogen-bond donors (Lipinski definition) is 2. The molecule has 0 atom stereocenters. The van der Waals surface area contributed by atoms with Crippen LogP contribution >= 0.6 is 0 Å². The van der Waals surface area contributed by atoms with E-state index in [1.54, 1.807) is 0 Å². The average molecular weight is 536 g/mol. The fourth-order valence-electron chi connectivity index (χ4n) is 6.15. The van der Waals surface area contributed by atoms with E-state index >= 15 is 0 Å². The van der Waals surface area contributed by atoms with Crippen LogP contribution in [0.15, 0.2) is 21.3 Å². The zero-order valence-corrected chi connectivity index (χ0v) is 23.9. The zero-order valence-electron chi connectivity index (χ0n) is 23.9. The molecule has 1 amide bonds. The monoisotopic (exact) mass is 535 g/mol. The summed E-state index contributed by atoms with van der Waals surface area (Å²) in [5.74, 6) is 0.702. The van der Waals surface area contributed by atoms with Crippen LogP contribution in [-0.4, -0.2) is 66.7 Å². The number of fused-ring (bicyclic) bond motifs is 1. The molecule has 210 valence electrons. The standard InChI is InChI=1S/C30H41N5O4/c1-6-35(22-9-13-38-14-10-22)24-16-25-27(33-30(39-25)21-7-11-34(5)12-8-21)26(20(24)4)29(37)31-17-23-18(2)15-19(3)32-28(23)36/h15-16,21-22H,6-14,17H2,1-5H3,(H,31,37)(H,32,36). The van der Waals surface area contributed by atoms with Crippen molar-refractivity contribution < 1.29 is 13.9 Å². The molecular formula is C30H41N5O4. The molecule has 0 bridgehead atoms. The molecule has 2 aromatic heterocycles. The first-order valence-corrected chi connectivity index (χ1v) is 14.2. The molecule has 39 heavy (non-hydrogen) atoms. The number of benzene rings is 1. The maximum absolute atomic E-state index is 13.9. The number of nitrogens with one attached hydrogen (secondary N) is 2. The first-order chi connectivity index (χ1) is 18.8. The van der Waals surface area contributed by atoms with E-state index in [4.69, 9.17) is 14.1 Å². The summed E-state index contributed by atoms with van der Waals surface area (Å²) in [5.41, 5.74) is 5.68. The van der Waals surface area contributed by atoms with Gasteiger partial charge in [0.25, 0.3) is 11.5 Å². The summed E-state index contributed by atoms with van der Waals surface area (Å²) >= 11 is 0. The van der Waals surface area contributed by atoms with Crippen LogP contribution in [-0.2, 0) is 11.3 Å². The predicted molar refractivity (Wildman–Crippen MR) is 153 cm³/mol. The molecule has 0 saturated carbocycles. The minimum absolute atomic E-state index is 0.141. The number of likely N-dealkylation sites (tertiary alicyclic amines) is 1. The van der Waals surface area contributed by atoms with Crippen molar-refractivity contribution in [1.29, 1.82) is 0 Å². The first-order valence-electron chi connectivity index (χ1n) is 14.2. The van der Waals surface area contributed by atoms with Gasteiger partial charge in [0.05, 0.1) is 5.56 Å². The van der Waals surface area contributed by atoms with Crippen LogP contribution in [0.5, 0.6) is 0 Å². The van der Waals surface area contributed by atoms with Crippen LogP contribution in [0, 0.1) is 20.8 Å². The molecule has 1 aromatic carbocycles. The maximum atomic E-state index is 13.9. The third-order valence-corrected chi connectivity index (χ3v) is 8.43. The number of carbonyl (C=O) groups excluding carboxylic acids is 1. The Hall–Kier alpha value is -3.17. The number of aryl methyl sites for hydroxylation is 2. The van der Waals surface area contributed by atoms with Crippen molar-refractivity contribution in [3.63, 3.8) is 0 Å². The van der Waals surface area contributed by atoms with E-state index in [0.29, 0.717) is 34.2 Å². The van der Waals surface area contributed by atoms with Crippen LogP contribution in [0.2, 0.25) is 0 Å². The van der Waals surface area contributed by atoms with Gasteiger partial charge in [-0.15, -0.1) is 0 Å². The Kier molecular flexibility index (Phi) is 8.09. The van der Waals surface area contributed by atoms with Crippen molar-refractivity contribution in [3.8, 4) is 0 Å². The number of amides is 1. The summed E-state index contributed by atoms with van der Waals surface area (Å²) in [4.78, 5) is 38.9. The summed E-state index contributed by atoms with van der Waals surface area (Å²) in [7, 11) is 2.14. The smallest absolute Gasteiger partial charge is 0.254 e. The molecule has 2 fully saturated rings. The molecule has 3 aromatic rings. The molecule has 9 heteroatoms. The van der Waals surface area contributed by atoms with Gasteiger partial charge < -0.3 is 29.3 Å². The van der Waals surface area contributed by atoms with Crippen molar-refractivity contribution in [3.05, 3.63) is 56.3 Å². The second kappa shape index (κ2) is 11.5. The van der Waals surface area contributed by atoms with Gasteiger partial charge in [-0.3, -0.25) is 9.59 Å². The van der Waals surface area contributed by atoms with Gasteiger partial charge in [0.15, 0.2) is 11.5 Å². The van der Waals surface area contributed by atoms with Crippen LogP contribution in [0.1, 0.15) is 77.2 Å². The summed E-state index contributed by atoms with van der Waals surface area (Å²) < 4.78 is 12.0. The van der Waals surface area contributed by atoms with E-state index in [-0.39, 0.29) is 23.9 Å². The van der Waals surface area contributed by atoms with Crippen molar-refractivity contribution >= 4 is 22.7 Å². The van der Waals surface area contributed by atoms with Gasteiger partial charge in [0.2, 0.25) is 0 Å². The molecule has 2 saturated heterocycles. The van der Waals surface area contributed by atoms with E-state index in [0.717, 1.165) is 81.0 Å². The molecule has 0 unspecified atom stereocenters. The third-order valence-electron chi connectivity index (χ3n) is 8.43. The number of nitrogens with zero attached hydrogens (tertiary/aromatic N) is 3. The highest BCUT2D eigenvalue weighted by atomic mass is 16.5. The van der Waals surface area contributed by atoms with Gasteiger partial charge in [0, 0.05) is 61.3 Å². The molecule has 0 radical (unpaired) electrons. The average Bonchev–Trinajstić information content (AvgIpc) is 3.33. The van der Waals surface area contributed by atoms with Crippen molar-refractivity contribution in [2.75, 3.05) is 44.8 Å². The Labute approximate surface area is 229 Å². The summed E-state index contributed by atoms with van der Waals surface area (Å²) in [6.45, 7) is 12.3. The van der Waals surface area contributed by atoms with E-state index in [2.05, 4.69) is 40.1 Å². The van der Waals surface area contributed by atoms with Gasteiger partial charge >= 0.3 is 0 Å². The quantitative estimate of drug-likeness (QED) is 0.468. The lowest BCUT2D eigenvalue weighted by Crippen LogP contribution is -2.40. The lowest BCUT2D eigenvalue weighted by molar-refractivity contribution is 0.0846. The van der Waals surface area contributed by atoms with Crippen LogP contribution in [0.25, 0.3) is 11.1 Å². The lowest BCUT2D eigenvalue weighted by Gasteiger charge is -2.36. The first kappa shape index (κ1) is 27.4. The highest BCUT2D eigenvalue weighted by Gasteiger charge is 2.29. The highest BCUT2D eigenvalue weighted by molar-refractivity contribution is 6.07. The van der Waals surface area contributed by atoms with Crippen molar-refractivity contribution in [2.45, 2.75) is 71.9 Å². The molecule has 2 N–H and O–H groups in total. The Bertz CT molecular complexity index is 1400. The number of carbonyl (C=O) groups is 1. The van der Waals surface area contributed by atoms with Crippen LogP contribution < -0.4 is 15.8 Å². The topological polar surface area (TPSA) is 104 Å². The molecule has 0 spiro atoms. The zero-order chi connectivity index (χ0) is 27.7.